The predicted molar refractivity (Wildman–Crippen MR) is 93.8 cm³/mol. The largest absolute Gasteiger partial charge is 0.360 e. The highest BCUT2D eigenvalue weighted by molar-refractivity contribution is 5.80. The Hall–Kier alpha value is -2.99. The van der Waals surface area contributed by atoms with Crippen LogP contribution >= 0.6 is 0 Å². The summed E-state index contributed by atoms with van der Waals surface area (Å²) in [6.45, 7) is 3.22. The lowest BCUT2D eigenvalue weighted by Crippen LogP contribution is -2.50. The SMILES string of the molecule is C#CCN1CCN(C(=O)CNc2ccn(-c3cc(F)c(F)cc3F)n2)CC1. The number of carbonyl (C=O) groups is 1. The van der Waals surface area contributed by atoms with E-state index in [1.165, 1.54) is 12.3 Å². The van der Waals surface area contributed by atoms with Crippen molar-refractivity contribution in [1.29, 1.82) is 0 Å². The maximum absolute atomic E-state index is 13.8. The van der Waals surface area contributed by atoms with Crippen LogP contribution in [0.25, 0.3) is 5.69 Å². The third-order valence-corrected chi connectivity index (χ3v) is 4.29. The molecule has 1 saturated heterocycles. The van der Waals surface area contributed by atoms with E-state index in [9.17, 15) is 18.0 Å². The van der Waals surface area contributed by atoms with Gasteiger partial charge in [0.25, 0.3) is 0 Å². The second-order valence-electron chi connectivity index (χ2n) is 6.08. The maximum Gasteiger partial charge on any atom is 0.242 e. The molecule has 0 spiro atoms. The second-order valence-corrected chi connectivity index (χ2v) is 6.08. The summed E-state index contributed by atoms with van der Waals surface area (Å²) in [6.07, 6.45) is 6.67. The predicted octanol–water partition coefficient (Wildman–Crippen LogP) is 1.48. The smallest absolute Gasteiger partial charge is 0.242 e. The number of carbonyl (C=O) groups excluding carboxylic acids is 1. The summed E-state index contributed by atoms with van der Waals surface area (Å²) in [4.78, 5) is 16.1. The van der Waals surface area contributed by atoms with Gasteiger partial charge in [-0.3, -0.25) is 9.69 Å². The number of nitrogens with zero attached hydrogens (tertiary/aromatic N) is 4. The highest BCUT2D eigenvalue weighted by atomic mass is 19.2. The zero-order valence-corrected chi connectivity index (χ0v) is 14.5. The number of terminal acetylenes is 1. The minimum Gasteiger partial charge on any atom is -0.360 e. The van der Waals surface area contributed by atoms with Crippen molar-refractivity contribution >= 4 is 11.7 Å². The molecule has 142 valence electrons. The van der Waals surface area contributed by atoms with Crippen molar-refractivity contribution in [2.24, 2.45) is 0 Å². The molecule has 0 atom stereocenters. The van der Waals surface area contributed by atoms with E-state index < -0.39 is 17.5 Å². The zero-order chi connectivity index (χ0) is 19.4. The van der Waals surface area contributed by atoms with E-state index in [1.807, 2.05) is 0 Å². The lowest BCUT2D eigenvalue weighted by Gasteiger charge is -2.33. The van der Waals surface area contributed by atoms with Crippen LogP contribution in [0.15, 0.2) is 24.4 Å². The molecular formula is C18H18F3N5O. The third kappa shape index (κ3) is 4.41. The van der Waals surface area contributed by atoms with Gasteiger partial charge in [-0.1, -0.05) is 5.92 Å². The van der Waals surface area contributed by atoms with Crippen LogP contribution in [0.4, 0.5) is 19.0 Å². The second kappa shape index (κ2) is 8.14. The minimum atomic E-state index is -1.27. The number of hydrogen-bond donors (Lipinski definition) is 1. The molecule has 0 aliphatic carbocycles. The van der Waals surface area contributed by atoms with Crippen molar-refractivity contribution in [2.75, 3.05) is 44.6 Å². The first-order valence-corrected chi connectivity index (χ1v) is 8.36. The van der Waals surface area contributed by atoms with E-state index >= 15 is 0 Å². The van der Waals surface area contributed by atoms with Gasteiger partial charge in [0.1, 0.15) is 11.5 Å². The Labute approximate surface area is 154 Å². The molecule has 27 heavy (non-hydrogen) atoms. The molecule has 0 saturated carbocycles. The van der Waals surface area contributed by atoms with E-state index in [0.29, 0.717) is 31.5 Å². The Morgan fingerprint density at radius 3 is 2.56 bits per heavy atom. The molecule has 1 amide bonds. The Balaban J connectivity index is 1.57. The van der Waals surface area contributed by atoms with E-state index in [0.717, 1.165) is 23.8 Å². The quantitative estimate of drug-likeness (QED) is 0.634. The molecule has 0 radical (unpaired) electrons. The van der Waals surface area contributed by atoms with E-state index in [1.54, 1.807) is 4.90 Å². The van der Waals surface area contributed by atoms with E-state index in [4.69, 9.17) is 6.42 Å². The van der Waals surface area contributed by atoms with Gasteiger partial charge in [-0.05, 0) is 0 Å². The molecule has 0 bridgehead atoms. The van der Waals surface area contributed by atoms with Crippen molar-refractivity contribution in [1.82, 2.24) is 19.6 Å². The average Bonchev–Trinajstić information content (AvgIpc) is 3.12. The normalized spacial score (nSPS) is 14.8. The van der Waals surface area contributed by atoms with E-state index in [-0.39, 0.29) is 18.1 Å². The van der Waals surface area contributed by atoms with Crippen molar-refractivity contribution in [2.45, 2.75) is 0 Å². The fourth-order valence-electron chi connectivity index (χ4n) is 2.80. The molecule has 1 N–H and O–H groups in total. The van der Waals surface area contributed by atoms with Gasteiger partial charge in [0.15, 0.2) is 17.5 Å². The highest BCUT2D eigenvalue weighted by Gasteiger charge is 2.20. The van der Waals surface area contributed by atoms with Crippen LogP contribution in [-0.2, 0) is 4.79 Å². The summed E-state index contributed by atoms with van der Waals surface area (Å²) in [7, 11) is 0. The van der Waals surface area contributed by atoms with Gasteiger partial charge < -0.3 is 10.2 Å². The molecule has 0 unspecified atom stereocenters. The molecule has 2 aromatic rings. The summed E-state index contributed by atoms with van der Waals surface area (Å²) in [6, 6.07) is 2.70. The third-order valence-electron chi connectivity index (χ3n) is 4.29. The number of hydrogen-bond acceptors (Lipinski definition) is 4. The number of benzene rings is 1. The first-order valence-electron chi connectivity index (χ1n) is 8.36. The average molecular weight is 377 g/mol. The first-order chi connectivity index (χ1) is 13.0. The number of nitrogens with one attached hydrogen (secondary N) is 1. The number of halogens is 3. The fraction of sp³-hybridized carbons (Fsp3) is 0.333. The van der Waals surface area contributed by atoms with Crippen LogP contribution in [0.3, 0.4) is 0 Å². The van der Waals surface area contributed by atoms with Crippen LogP contribution in [-0.4, -0.2) is 64.8 Å². The van der Waals surface area contributed by atoms with Crippen molar-refractivity contribution in [3.8, 4) is 18.0 Å². The maximum atomic E-state index is 13.8. The summed E-state index contributed by atoms with van der Waals surface area (Å²) < 4.78 is 41.2. The monoisotopic (exact) mass is 377 g/mol. The van der Waals surface area contributed by atoms with Crippen molar-refractivity contribution < 1.29 is 18.0 Å². The molecular weight excluding hydrogens is 359 g/mol. The summed E-state index contributed by atoms with van der Waals surface area (Å²) in [5, 5.41) is 6.90. The van der Waals surface area contributed by atoms with Gasteiger partial charge >= 0.3 is 0 Å². The Kier molecular flexibility index (Phi) is 5.66. The van der Waals surface area contributed by atoms with E-state index in [2.05, 4.69) is 21.2 Å². The van der Waals surface area contributed by atoms with Crippen LogP contribution in [0.1, 0.15) is 0 Å². The summed E-state index contributed by atoms with van der Waals surface area (Å²) >= 11 is 0. The lowest BCUT2D eigenvalue weighted by molar-refractivity contribution is -0.130. The Bertz CT molecular complexity index is 868. The van der Waals surface area contributed by atoms with Gasteiger partial charge in [0.05, 0.1) is 13.1 Å². The highest BCUT2D eigenvalue weighted by Crippen LogP contribution is 2.18. The van der Waals surface area contributed by atoms with Gasteiger partial charge in [-0.15, -0.1) is 6.42 Å². The molecule has 9 heteroatoms. The standard InChI is InChI=1S/C18H18F3N5O/c1-2-4-24-6-8-25(9-7-24)18(27)12-22-17-3-5-26(23-17)16-11-14(20)13(19)10-15(16)21/h1,3,5,10-11H,4,6-9,12H2,(H,22,23). The molecule has 1 fully saturated rings. The van der Waals surface area contributed by atoms with Gasteiger partial charge in [0.2, 0.25) is 5.91 Å². The lowest BCUT2D eigenvalue weighted by atomic mass is 10.3. The van der Waals surface area contributed by atoms with Crippen LogP contribution in [0.5, 0.6) is 0 Å². The van der Waals surface area contributed by atoms with Crippen LogP contribution in [0.2, 0.25) is 0 Å². The van der Waals surface area contributed by atoms with Crippen LogP contribution in [0, 0.1) is 29.8 Å². The Morgan fingerprint density at radius 1 is 1.15 bits per heavy atom. The molecule has 1 aromatic carbocycles. The zero-order valence-electron chi connectivity index (χ0n) is 14.5. The minimum absolute atomic E-state index is 0.0203. The molecule has 3 rings (SSSR count). The molecule has 1 aromatic heterocycles. The number of anilines is 1. The Morgan fingerprint density at radius 2 is 1.85 bits per heavy atom. The van der Waals surface area contributed by atoms with Crippen molar-refractivity contribution in [3.05, 3.63) is 41.8 Å². The summed E-state index contributed by atoms with van der Waals surface area (Å²) in [5.41, 5.74) is -0.224. The molecule has 6 nitrogen and oxygen atoms in total. The number of amides is 1. The molecule has 2 heterocycles. The number of rotatable bonds is 5. The van der Waals surface area contributed by atoms with Crippen molar-refractivity contribution in [3.63, 3.8) is 0 Å². The topological polar surface area (TPSA) is 53.4 Å². The first kappa shape index (κ1) is 18.8. The van der Waals surface area contributed by atoms with Gasteiger partial charge in [0, 0.05) is 50.6 Å². The number of aromatic nitrogens is 2. The van der Waals surface area contributed by atoms with Gasteiger partial charge in [-0.2, -0.15) is 5.10 Å². The fourth-order valence-corrected chi connectivity index (χ4v) is 2.80. The number of piperazine rings is 1. The van der Waals surface area contributed by atoms with Crippen LogP contribution < -0.4 is 5.32 Å². The summed E-state index contributed by atoms with van der Waals surface area (Å²) in [5.74, 6) is -0.572. The van der Waals surface area contributed by atoms with Gasteiger partial charge in [-0.25, -0.2) is 17.9 Å². The molecule has 1 aliphatic heterocycles. The molecule has 1 aliphatic rings.